The monoisotopic (exact) mass is 381 g/mol. The van der Waals surface area contributed by atoms with E-state index in [-0.39, 0.29) is 5.88 Å². The third-order valence-electron chi connectivity index (χ3n) is 5.30. The van der Waals surface area contributed by atoms with Gasteiger partial charge in [-0.15, -0.1) is 5.10 Å². The molecule has 1 unspecified atom stereocenters. The van der Waals surface area contributed by atoms with Crippen LogP contribution in [0.25, 0.3) is 11.3 Å². The molecule has 28 heavy (non-hydrogen) atoms. The number of rotatable bonds is 5. The summed E-state index contributed by atoms with van der Waals surface area (Å²) < 4.78 is 12.5. The van der Waals surface area contributed by atoms with Crippen molar-refractivity contribution in [1.29, 1.82) is 0 Å². The highest BCUT2D eigenvalue weighted by atomic mass is 16.6. The highest BCUT2D eigenvalue weighted by Gasteiger charge is 2.39. The third-order valence-corrected chi connectivity index (χ3v) is 5.30. The zero-order valence-electron chi connectivity index (χ0n) is 16.1. The number of carbonyl (C=O) groups is 2. The van der Waals surface area contributed by atoms with E-state index in [1.165, 1.54) is 0 Å². The molecule has 4 rings (SSSR count). The fourth-order valence-corrected chi connectivity index (χ4v) is 3.76. The summed E-state index contributed by atoms with van der Waals surface area (Å²) in [5.41, 5.74) is 3.49. The molecule has 2 heterocycles. The molecule has 0 spiro atoms. The average Bonchev–Trinajstić information content (AvgIpc) is 3.07. The summed E-state index contributed by atoms with van der Waals surface area (Å²) in [5, 5.41) is 4.53. The van der Waals surface area contributed by atoms with E-state index < -0.39 is 18.0 Å². The highest BCUT2D eigenvalue weighted by Crippen LogP contribution is 2.41. The van der Waals surface area contributed by atoms with Crippen LogP contribution in [-0.4, -0.2) is 52.4 Å². The molecule has 0 saturated heterocycles. The number of hydrogen-bond donors (Lipinski definition) is 0. The van der Waals surface area contributed by atoms with Crippen molar-refractivity contribution in [2.45, 2.75) is 32.8 Å². The van der Waals surface area contributed by atoms with Crippen molar-refractivity contribution in [1.82, 2.24) is 14.7 Å². The minimum atomic E-state index is -1.03. The summed E-state index contributed by atoms with van der Waals surface area (Å²) in [5.74, 6) is -1.82. The van der Waals surface area contributed by atoms with E-state index >= 15 is 0 Å². The maximum absolute atomic E-state index is 12.1. The van der Waals surface area contributed by atoms with Crippen molar-refractivity contribution in [3.8, 4) is 11.6 Å². The summed E-state index contributed by atoms with van der Waals surface area (Å²) in [4.78, 5) is 26.4. The van der Waals surface area contributed by atoms with E-state index in [0.717, 1.165) is 42.2 Å². The molecule has 1 atom stereocenters. The first kappa shape index (κ1) is 18.4. The largest absolute Gasteiger partial charge is 0.449 e. The second-order valence-corrected chi connectivity index (χ2v) is 6.84. The molecule has 0 saturated carbocycles. The van der Waals surface area contributed by atoms with Gasteiger partial charge in [0.1, 0.15) is 6.10 Å². The second-order valence-electron chi connectivity index (χ2n) is 6.84. The van der Waals surface area contributed by atoms with Gasteiger partial charge in [0, 0.05) is 12.1 Å². The Balaban J connectivity index is 1.86. The van der Waals surface area contributed by atoms with Crippen molar-refractivity contribution >= 4 is 17.5 Å². The molecule has 1 aliphatic carbocycles. The predicted molar refractivity (Wildman–Crippen MR) is 103 cm³/mol. The minimum absolute atomic E-state index is 0.177. The van der Waals surface area contributed by atoms with Crippen LogP contribution in [0.15, 0.2) is 36.4 Å². The number of benzene rings is 1. The minimum Gasteiger partial charge on any atom is -0.449 e. The Hall–Kier alpha value is -2.93. The van der Waals surface area contributed by atoms with Crippen molar-refractivity contribution in [3.63, 3.8) is 0 Å². The molecule has 0 fully saturated rings. The van der Waals surface area contributed by atoms with E-state index in [0.29, 0.717) is 12.8 Å². The fraction of sp³-hybridized carbons (Fsp3) is 0.381. The van der Waals surface area contributed by atoms with Gasteiger partial charge in [0.05, 0.1) is 16.9 Å². The van der Waals surface area contributed by atoms with Crippen LogP contribution in [0.3, 0.4) is 0 Å². The number of aromatic nitrogens is 2. The molecule has 7 nitrogen and oxygen atoms in total. The first-order valence-corrected chi connectivity index (χ1v) is 9.65. The molecule has 1 aromatic heterocycles. The van der Waals surface area contributed by atoms with Crippen LogP contribution in [0.4, 0.5) is 0 Å². The van der Waals surface area contributed by atoms with Crippen LogP contribution in [0.1, 0.15) is 31.5 Å². The van der Waals surface area contributed by atoms with E-state index in [4.69, 9.17) is 9.47 Å². The maximum Gasteiger partial charge on any atom is 0.424 e. The van der Waals surface area contributed by atoms with Gasteiger partial charge in [-0.1, -0.05) is 38.1 Å². The van der Waals surface area contributed by atoms with Gasteiger partial charge in [0.2, 0.25) is 5.88 Å². The van der Waals surface area contributed by atoms with Gasteiger partial charge in [-0.3, -0.25) is 0 Å². The van der Waals surface area contributed by atoms with Gasteiger partial charge in [0.25, 0.3) is 0 Å². The van der Waals surface area contributed by atoms with Crippen LogP contribution in [-0.2, 0) is 20.7 Å². The summed E-state index contributed by atoms with van der Waals surface area (Å²) in [7, 11) is 0. The van der Waals surface area contributed by atoms with Crippen LogP contribution in [0.2, 0.25) is 0 Å². The quantitative estimate of drug-likeness (QED) is 0.585. The molecule has 2 aliphatic rings. The summed E-state index contributed by atoms with van der Waals surface area (Å²) in [6.45, 7) is 6.77. The van der Waals surface area contributed by atoms with Crippen LogP contribution in [0.5, 0.6) is 5.88 Å². The van der Waals surface area contributed by atoms with E-state index in [2.05, 4.69) is 29.9 Å². The molecule has 2 aromatic rings. The first-order chi connectivity index (χ1) is 13.6. The lowest BCUT2D eigenvalue weighted by Gasteiger charge is -2.28. The van der Waals surface area contributed by atoms with Crippen LogP contribution >= 0.6 is 0 Å². The Morgan fingerprint density at radius 3 is 2.64 bits per heavy atom. The predicted octanol–water partition coefficient (Wildman–Crippen LogP) is 2.37. The molecular formula is C21H23N3O4. The number of fused-ring (bicyclic) bond motifs is 1. The topological polar surface area (TPSA) is 73.7 Å². The van der Waals surface area contributed by atoms with Crippen molar-refractivity contribution in [2.75, 3.05) is 19.6 Å². The fourth-order valence-electron chi connectivity index (χ4n) is 3.76. The smallest absolute Gasteiger partial charge is 0.424 e. The molecule has 146 valence electrons. The van der Waals surface area contributed by atoms with Gasteiger partial charge in [-0.05, 0) is 38.1 Å². The molecule has 0 N–H and O–H groups in total. The number of nitrogens with zero attached hydrogens (tertiary/aromatic N) is 3. The Kier molecular flexibility index (Phi) is 5.00. The molecule has 1 aliphatic heterocycles. The number of ether oxygens (including phenoxy) is 2. The SMILES string of the molecule is CCN(CC)C/C=C1\c2c3nn(-c4ccccc4)c2CCC1OC(=O)C(=O)O3. The average molecular weight is 381 g/mol. The molecule has 2 bridgehead atoms. The lowest BCUT2D eigenvalue weighted by atomic mass is 9.88. The zero-order chi connectivity index (χ0) is 19.7. The zero-order valence-corrected chi connectivity index (χ0v) is 16.1. The number of para-hydroxylation sites is 1. The standard InChI is InChI=1S/C21H23N3O4/c1-3-23(4-2)13-12-15-17-11-10-16-18(15)19(28-21(26)20(25)27-17)22-24(16)14-8-6-5-7-9-14/h5-9,12,17H,3-4,10-11,13H2,1-2H3/b15-12-. The first-order valence-electron chi connectivity index (χ1n) is 9.65. The third kappa shape index (κ3) is 3.22. The molecule has 1 aromatic carbocycles. The van der Waals surface area contributed by atoms with Crippen molar-refractivity contribution in [2.24, 2.45) is 0 Å². The van der Waals surface area contributed by atoms with Gasteiger partial charge < -0.3 is 14.4 Å². The van der Waals surface area contributed by atoms with Gasteiger partial charge in [-0.25, -0.2) is 14.3 Å². The molecule has 0 amide bonds. The lowest BCUT2D eigenvalue weighted by Crippen LogP contribution is -2.34. The Bertz CT molecular complexity index is 929. The second kappa shape index (κ2) is 7.59. The highest BCUT2D eigenvalue weighted by molar-refractivity contribution is 6.30. The summed E-state index contributed by atoms with van der Waals surface area (Å²) in [6, 6.07) is 9.70. The maximum atomic E-state index is 12.1. The van der Waals surface area contributed by atoms with Gasteiger partial charge in [-0.2, -0.15) is 0 Å². The molecular weight excluding hydrogens is 358 g/mol. The number of likely N-dealkylation sites (N-methyl/N-ethyl adjacent to an activating group) is 1. The number of carbonyl (C=O) groups excluding carboxylic acids is 2. The van der Waals surface area contributed by atoms with Crippen molar-refractivity contribution in [3.05, 3.63) is 47.7 Å². The van der Waals surface area contributed by atoms with Gasteiger partial charge >= 0.3 is 11.9 Å². The Morgan fingerprint density at radius 1 is 1.18 bits per heavy atom. The van der Waals surface area contributed by atoms with Crippen molar-refractivity contribution < 1.29 is 19.1 Å². The van der Waals surface area contributed by atoms with Crippen LogP contribution in [0, 0.1) is 0 Å². The Morgan fingerprint density at radius 2 is 1.93 bits per heavy atom. The summed E-state index contributed by atoms with van der Waals surface area (Å²) >= 11 is 0. The summed E-state index contributed by atoms with van der Waals surface area (Å²) in [6.07, 6.45) is 2.89. The lowest BCUT2D eigenvalue weighted by molar-refractivity contribution is -0.164. The number of esters is 2. The normalized spacial score (nSPS) is 20.0. The van der Waals surface area contributed by atoms with E-state index in [1.54, 1.807) is 4.68 Å². The van der Waals surface area contributed by atoms with E-state index in [1.807, 2.05) is 30.3 Å². The molecule has 7 heteroatoms. The Labute approximate surface area is 163 Å². The molecule has 0 radical (unpaired) electrons. The van der Waals surface area contributed by atoms with Crippen LogP contribution < -0.4 is 4.74 Å². The number of hydrogen-bond acceptors (Lipinski definition) is 6. The van der Waals surface area contributed by atoms with E-state index in [9.17, 15) is 9.59 Å². The van der Waals surface area contributed by atoms with Gasteiger partial charge in [0.15, 0.2) is 0 Å².